The Kier molecular flexibility index (Phi) is 5.26. The predicted molar refractivity (Wildman–Crippen MR) is 109 cm³/mol. The van der Waals surface area contributed by atoms with Crippen LogP contribution in [0.15, 0.2) is 23.8 Å². The molecule has 2 saturated heterocycles. The van der Waals surface area contributed by atoms with Crippen LogP contribution in [0.4, 0.5) is 0 Å². The van der Waals surface area contributed by atoms with Gasteiger partial charge < -0.3 is 0 Å². The molecule has 2 aliphatic heterocycles. The normalized spacial score (nSPS) is 39.5. The Bertz CT molecular complexity index is 473. The molecule has 1 aliphatic carbocycles. The van der Waals surface area contributed by atoms with E-state index in [0.29, 0.717) is 5.92 Å². The second kappa shape index (κ2) is 6.58. The fourth-order valence-corrected chi connectivity index (χ4v) is 12.6. The average molecular weight is 381 g/mol. The molecule has 2 fully saturated rings. The third kappa shape index (κ3) is 3.87. The van der Waals surface area contributed by atoms with E-state index < -0.39 is 18.5 Å². The predicted octanol–water partition coefficient (Wildman–Crippen LogP) is 6.63. The van der Waals surface area contributed by atoms with Crippen molar-refractivity contribution >= 4 is 39.8 Å². The summed E-state index contributed by atoms with van der Waals surface area (Å²) in [6.07, 6.45) is 12.7. The molecule has 3 aliphatic rings. The smallest absolute Gasteiger partial charge is 0.0148 e. The van der Waals surface area contributed by atoms with Crippen LogP contribution in [0, 0.1) is 11.3 Å². The first-order chi connectivity index (χ1) is 10.3. The molecule has 128 valence electrons. The lowest BCUT2D eigenvalue weighted by molar-refractivity contribution is 0.369. The molecule has 0 spiro atoms. The van der Waals surface area contributed by atoms with Gasteiger partial charge in [0, 0.05) is 11.2 Å². The molecular formula is C18H30Cl2S2. The van der Waals surface area contributed by atoms with Crippen molar-refractivity contribution in [2.24, 2.45) is 11.3 Å². The van der Waals surface area contributed by atoms with Gasteiger partial charge in [-0.25, -0.2) is 0 Å². The van der Waals surface area contributed by atoms with Gasteiger partial charge in [0.05, 0.1) is 0 Å². The Morgan fingerprint density at radius 2 is 1.59 bits per heavy atom. The van der Waals surface area contributed by atoms with Gasteiger partial charge in [0.2, 0.25) is 0 Å². The summed E-state index contributed by atoms with van der Waals surface area (Å²) < 4.78 is 0. The van der Waals surface area contributed by atoms with E-state index in [1.54, 1.807) is 0 Å². The summed E-state index contributed by atoms with van der Waals surface area (Å²) in [7, 11) is 12.1. The highest BCUT2D eigenvalue weighted by atomic mass is 35.7. The second-order valence-corrected chi connectivity index (χ2v) is 17.7. The van der Waals surface area contributed by atoms with Crippen LogP contribution < -0.4 is 0 Å². The Balaban J connectivity index is 1.67. The standard InChI is InChI=1S/C18H30Cl2S2/c1-16-13-17(14-21(19)9-3-4-10-21)7-8-18(16,2)15-22(20)11-5-6-12-22/h7-8,13,16H,3-6,9-12,14-15H2,1-2H3. The summed E-state index contributed by atoms with van der Waals surface area (Å²) in [6, 6.07) is 0. The summed E-state index contributed by atoms with van der Waals surface area (Å²) in [6.45, 7) is 4.79. The number of allylic oxidation sites excluding steroid dienone is 3. The topological polar surface area (TPSA) is 0 Å². The highest BCUT2D eigenvalue weighted by Gasteiger charge is 2.39. The minimum atomic E-state index is -0.876. The molecule has 3 rings (SSSR count). The molecule has 0 saturated carbocycles. The van der Waals surface area contributed by atoms with E-state index in [1.807, 2.05) is 0 Å². The van der Waals surface area contributed by atoms with Crippen LogP contribution in [-0.2, 0) is 0 Å². The highest BCUT2D eigenvalue weighted by Crippen LogP contribution is 2.63. The Hall–Kier alpha value is 0.760. The molecule has 2 atom stereocenters. The number of halogens is 2. The van der Waals surface area contributed by atoms with Crippen LogP contribution in [-0.4, -0.2) is 34.5 Å². The maximum atomic E-state index is 6.97. The van der Waals surface area contributed by atoms with Gasteiger partial charge in [-0.1, -0.05) is 53.4 Å². The van der Waals surface area contributed by atoms with Crippen LogP contribution in [0.25, 0.3) is 0 Å². The van der Waals surface area contributed by atoms with Crippen LogP contribution in [0.1, 0.15) is 39.5 Å². The lowest BCUT2D eigenvalue weighted by Crippen LogP contribution is -2.31. The minimum Gasteiger partial charge on any atom is -0.162 e. The summed E-state index contributed by atoms with van der Waals surface area (Å²) in [5, 5.41) is 0. The van der Waals surface area contributed by atoms with Gasteiger partial charge in [-0.05, 0) is 65.9 Å². The molecule has 2 unspecified atom stereocenters. The molecule has 0 amide bonds. The summed E-state index contributed by atoms with van der Waals surface area (Å²) in [5.41, 5.74) is 1.73. The summed E-state index contributed by atoms with van der Waals surface area (Å²) >= 11 is 0. The zero-order valence-corrected chi connectivity index (χ0v) is 17.1. The SMILES string of the molecule is CC1C=C(CS2(Cl)CCCC2)C=CC1(C)CS1(Cl)CCCC1. The van der Waals surface area contributed by atoms with Gasteiger partial charge in [-0.3, -0.25) is 0 Å². The van der Waals surface area contributed by atoms with Crippen molar-refractivity contribution in [3.63, 3.8) is 0 Å². The van der Waals surface area contributed by atoms with Crippen molar-refractivity contribution in [3.05, 3.63) is 23.8 Å². The van der Waals surface area contributed by atoms with E-state index in [-0.39, 0.29) is 5.41 Å². The van der Waals surface area contributed by atoms with Crippen LogP contribution in [0.2, 0.25) is 0 Å². The van der Waals surface area contributed by atoms with E-state index in [4.69, 9.17) is 21.4 Å². The van der Waals surface area contributed by atoms with Gasteiger partial charge in [-0.15, -0.1) is 0 Å². The summed E-state index contributed by atoms with van der Waals surface area (Å²) in [5.74, 6) is 7.98. The molecule has 0 aromatic heterocycles. The van der Waals surface area contributed by atoms with E-state index in [9.17, 15) is 0 Å². The molecule has 0 N–H and O–H groups in total. The largest absolute Gasteiger partial charge is 0.162 e. The van der Waals surface area contributed by atoms with Crippen LogP contribution >= 0.6 is 39.8 Å². The number of hydrogen-bond acceptors (Lipinski definition) is 0. The molecule has 4 heteroatoms. The van der Waals surface area contributed by atoms with Crippen molar-refractivity contribution in [2.75, 3.05) is 34.5 Å². The molecule has 0 nitrogen and oxygen atoms in total. The van der Waals surface area contributed by atoms with Crippen LogP contribution in [0.5, 0.6) is 0 Å². The third-order valence-electron chi connectivity index (χ3n) is 5.72. The average Bonchev–Trinajstić information content (AvgIpc) is 3.04. The number of rotatable bonds is 4. The van der Waals surface area contributed by atoms with Gasteiger partial charge in [-0.2, -0.15) is 18.5 Å². The fraction of sp³-hybridized carbons (Fsp3) is 0.778. The Labute approximate surface area is 148 Å². The van der Waals surface area contributed by atoms with E-state index in [2.05, 4.69) is 32.1 Å². The van der Waals surface area contributed by atoms with Crippen molar-refractivity contribution in [1.29, 1.82) is 0 Å². The second-order valence-electron chi connectivity index (χ2n) is 7.77. The quantitative estimate of drug-likeness (QED) is 0.513. The van der Waals surface area contributed by atoms with Crippen LogP contribution in [0.3, 0.4) is 0 Å². The molecule has 0 aromatic carbocycles. The van der Waals surface area contributed by atoms with Gasteiger partial charge >= 0.3 is 0 Å². The molecular weight excluding hydrogens is 351 g/mol. The first-order valence-electron chi connectivity index (χ1n) is 8.65. The van der Waals surface area contributed by atoms with Crippen molar-refractivity contribution in [3.8, 4) is 0 Å². The molecule has 22 heavy (non-hydrogen) atoms. The maximum absolute atomic E-state index is 6.97. The monoisotopic (exact) mass is 380 g/mol. The zero-order chi connectivity index (χ0) is 15.8. The molecule has 0 radical (unpaired) electrons. The first kappa shape index (κ1) is 17.6. The van der Waals surface area contributed by atoms with E-state index >= 15 is 0 Å². The zero-order valence-electron chi connectivity index (χ0n) is 14.0. The minimum absolute atomic E-state index is 0.245. The van der Waals surface area contributed by atoms with Crippen molar-refractivity contribution < 1.29 is 0 Å². The van der Waals surface area contributed by atoms with E-state index in [0.717, 1.165) is 5.75 Å². The van der Waals surface area contributed by atoms with Gasteiger partial charge in [0.1, 0.15) is 0 Å². The summed E-state index contributed by atoms with van der Waals surface area (Å²) in [4.78, 5) is 0. The fourth-order valence-electron chi connectivity index (χ4n) is 4.08. The van der Waals surface area contributed by atoms with Crippen molar-refractivity contribution in [1.82, 2.24) is 0 Å². The lowest BCUT2D eigenvalue weighted by atomic mass is 9.75. The molecule has 0 aromatic rings. The van der Waals surface area contributed by atoms with Gasteiger partial charge in [0.25, 0.3) is 0 Å². The number of hydrogen-bond donors (Lipinski definition) is 0. The maximum Gasteiger partial charge on any atom is 0.0148 e. The Morgan fingerprint density at radius 3 is 2.14 bits per heavy atom. The molecule has 0 bridgehead atoms. The lowest BCUT2D eigenvalue weighted by Gasteiger charge is -2.42. The highest BCUT2D eigenvalue weighted by molar-refractivity contribution is 8.51. The van der Waals surface area contributed by atoms with E-state index in [1.165, 1.54) is 60.0 Å². The van der Waals surface area contributed by atoms with Gasteiger partial charge in [0.15, 0.2) is 0 Å². The molecule has 2 heterocycles. The first-order valence-corrected chi connectivity index (χ1v) is 14.6. The Morgan fingerprint density at radius 1 is 1.05 bits per heavy atom. The van der Waals surface area contributed by atoms with Crippen molar-refractivity contribution in [2.45, 2.75) is 39.5 Å². The third-order valence-corrected chi connectivity index (χ3v) is 14.3.